The van der Waals surface area contributed by atoms with Crippen molar-refractivity contribution in [2.24, 2.45) is 35.5 Å². The highest BCUT2D eigenvalue weighted by Gasteiger charge is 2.68. The van der Waals surface area contributed by atoms with E-state index in [1.165, 1.54) is 43.5 Å². The molecule has 0 aromatic heterocycles. The van der Waals surface area contributed by atoms with Crippen molar-refractivity contribution in [3.8, 4) is 11.5 Å². The van der Waals surface area contributed by atoms with Gasteiger partial charge >= 0.3 is 5.97 Å². The number of hydrogen-bond donors (Lipinski definition) is 0. The van der Waals surface area contributed by atoms with Crippen molar-refractivity contribution in [3.05, 3.63) is 107 Å². The van der Waals surface area contributed by atoms with Crippen molar-refractivity contribution in [2.75, 3.05) is 13.7 Å². The summed E-state index contributed by atoms with van der Waals surface area (Å²) < 4.78 is 10.6. The average molecular weight is 611 g/mol. The Hall–Kier alpha value is -4.76. The summed E-state index contributed by atoms with van der Waals surface area (Å²) in [5, 5.41) is 1.96. The SMILES string of the molecule is COc1cccc(C(=O)Oc2ccc(C(=O)CN(C(=O)c3ccccc3Cl)N3C(=O)[C@@H]4[C@H]5C=C[C@@H]([C@@H]6C[C@H]56)[C@@H]4C3=O)cc2)c1. The second-order valence-electron chi connectivity index (χ2n) is 11.6. The van der Waals surface area contributed by atoms with Gasteiger partial charge in [-0.3, -0.25) is 19.2 Å². The molecule has 1 saturated heterocycles. The van der Waals surface area contributed by atoms with E-state index >= 15 is 0 Å². The Bertz CT molecular complexity index is 1720. The van der Waals surface area contributed by atoms with Crippen LogP contribution in [0.25, 0.3) is 0 Å². The van der Waals surface area contributed by atoms with E-state index in [1.54, 1.807) is 36.4 Å². The number of halogens is 1. The van der Waals surface area contributed by atoms with Crippen LogP contribution in [-0.2, 0) is 9.59 Å². The summed E-state index contributed by atoms with van der Waals surface area (Å²) in [6, 6.07) is 18.7. The summed E-state index contributed by atoms with van der Waals surface area (Å²) in [5.41, 5.74) is 0.559. The third kappa shape index (κ3) is 4.59. The van der Waals surface area contributed by atoms with Gasteiger partial charge in [-0.1, -0.05) is 42.0 Å². The fourth-order valence-electron chi connectivity index (χ4n) is 7.04. The molecule has 4 aliphatic carbocycles. The Labute approximate surface area is 257 Å². The number of hydrazine groups is 1. The van der Waals surface area contributed by atoms with Crippen LogP contribution in [0.2, 0.25) is 5.02 Å². The maximum Gasteiger partial charge on any atom is 0.343 e. The van der Waals surface area contributed by atoms with Crippen LogP contribution >= 0.6 is 11.6 Å². The quantitative estimate of drug-likeness (QED) is 0.118. The molecule has 5 aliphatic rings. The number of esters is 1. The third-order valence-electron chi connectivity index (χ3n) is 9.21. The van der Waals surface area contributed by atoms with E-state index in [0.29, 0.717) is 23.1 Å². The molecule has 3 aromatic carbocycles. The Morgan fingerprint density at radius 2 is 1.50 bits per heavy atom. The molecule has 8 rings (SSSR count). The fourth-order valence-corrected chi connectivity index (χ4v) is 7.25. The summed E-state index contributed by atoms with van der Waals surface area (Å²) >= 11 is 6.34. The van der Waals surface area contributed by atoms with Gasteiger partial charge in [0.2, 0.25) is 0 Å². The molecule has 1 heterocycles. The second-order valence-corrected chi connectivity index (χ2v) is 12.0. The number of allylic oxidation sites excluding steroid dienone is 2. The lowest BCUT2D eigenvalue weighted by Crippen LogP contribution is -2.52. The highest BCUT2D eigenvalue weighted by atomic mass is 35.5. The number of methoxy groups -OCH3 is 1. The number of hydrogen-bond acceptors (Lipinski definition) is 7. The van der Waals surface area contributed by atoms with Crippen LogP contribution in [0.3, 0.4) is 0 Å². The van der Waals surface area contributed by atoms with Crippen LogP contribution in [0, 0.1) is 35.5 Å². The number of amides is 3. The third-order valence-corrected chi connectivity index (χ3v) is 9.53. The molecule has 9 nitrogen and oxygen atoms in total. The average Bonchev–Trinajstić information content (AvgIpc) is 3.83. The Morgan fingerprint density at radius 1 is 0.841 bits per heavy atom. The van der Waals surface area contributed by atoms with Crippen molar-refractivity contribution in [2.45, 2.75) is 6.42 Å². The van der Waals surface area contributed by atoms with E-state index in [0.717, 1.165) is 16.4 Å². The second kappa shape index (κ2) is 10.7. The maximum absolute atomic E-state index is 13.9. The van der Waals surface area contributed by atoms with Gasteiger partial charge in [-0.05, 0) is 84.7 Å². The van der Waals surface area contributed by atoms with Gasteiger partial charge in [0.25, 0.3) is 17.7 Å². The van der Waals surface area contributed by atoms with Crippen LogP contribution in [0.1, 0.15) is 37.5 Å². The first-order valence-electron chi connectivity index (χ1n) is 14.4. The van der Waals surface area contributed by atoms with Gasteiger partial charge in [-0.15, -0.1) is 0 Å². The van der Waals surface area contributed by atoms with Gasteiger partial charge in [-0.2, -0.15) is 5.01 Å². The number of nitrogens with zero attached hydrogens (tertiary/aromatic N) is 2. The van der Waals surface area contributed by atoms with Gasteiger partial charge in [0.15, 0.2) is 5.78 Å². The lowest BCUT2D eigenvalue weighted by molar-refractivity contribution is -0.154. The topological polar surface area (TPSA) is 110 Å². The standard InChI is InChI=1S/C34H27ClN2O7/c1-43-21-6-4-5-19(15-21)34(42)44-20-11-9-18(10-12-20)28(38)17-36(31(39)24-7-2-3-8-27(24)35)37-32(40)29-22-13-14-23(26-16-25(22)26)30(29)33(37)41/h2-15,22-23,25-26,29-30H,16-17H2,1H3/t22-,23-,25-,26+,29-,30+/m0/s1. The van der Waals surface area contributed by atoms with Crippen molar-refractivity contribution in [1.82, 2.24) is 10.0 Å². The highest BCUT2D eigenvalue weighted by Crippen LogP contribution is 2.65. The van der Waals surface area contributed by atoms with Crippen molar-refractivity contribution >= 4 is 41.1 Å². The van der Waals surface area contributed by atoms with Gasteiger partial charge in [-0.25, -0.2) is 9.80 Å². The molecule has 2 saturated carbocycles. The van der Waals surface area contributed by atoms with Crippen LogP contribution in [-0.4, -0.2) is 53.1 Å². The molecule has 0 unspecified atom stereocenters. The largest absolute Gasteiger partial charge is 0.497 e. The Kier molecular flexibility index (Phi) is 6.85. The first kappa shape index (κ1) is 28.0. The minimum absolute atomic E-state index is 0.0448. The highest BCUT2D eigenvalue weighted by molar-refractivity contribution is 6.34. The minimum Gasteiger partial charge on any atom is -0.497 e. The molecule has 3 aromatic rings. The van der Waals surface area contributed by atoms with Crippen LogP contribution < -0.4 is 9.47 Å². The molecule has 10 heteroatoms. The molecular formula is C34H27ClN2O7. The summed E-state index contributed by atoms with van der Waals surface area (Å²) in [7, 11) is 1.50. The van der Waals surface area contributed by atoms with E-state index in [9.17, 15) is 24.0 Å². The zero-order valence-corrected chi connectivity index (χ0v) is 24.3. The van der Waals surface area contributed by atoms with Crippen molar-refractivity contribution in [3.63, 3.8) is 0 Å². The van der Waals surface area contributed by atoms with E-state index in [4.69, 9.17) is 21.1 Å². The molecule has 6 atom stereocenters. The Balaban J connectivity index is 1.13. The van der Waals surface area contributed by atoms with Crippen molar-refractivity contribution < 1.29 is 33.4 Å². The molecule has 3 fully saturated rings. The lowest BCUT2D eigenvalue weighted by Gasteiger charge is -2.37. The smallest absolute Gasteiger partial charge is 0.343 e. The summed E-state index contributed by atoms with van der Waals surface area (Å²) in [4.78, 5) is 67.8. The Morgan fingerprint density at radius 3 is 2.14 bits per heavy atom. The van der Waals surface area contributed by atoms with E-state index in [-0.39, 0.29) is 33.7 Å². The number of ketones is 1. The van der Waals surface area contributed by atoms with Crippen LogP contribution in [0.4, 0.5) is 0 Å². The number of carbonyl (C=O) groups excluding carboxylic acids is 5. The van der Waals surface area contributed by atoms with Gasteiger partial charge in [0, 0.05) is 5.56 Å². The molecule has 0 radical (unpaired) electrons. The molecular weight excluding hydrogens is 584 g/mol. The maximum atomic E-state index is 13.9. The molecule has 0 spiro atoms. The van der Waals surface area contributed by atoms with E-state index in [1.807, 2.05) is 12.2 Å². The monoisotopic (exact) mass is 610 g/mol. The van der Waals surface area contributed by atoms with E-state index < -0.39 is 47.9 Å². The predicted octanol–water partition coefficient (Wildman–Crippen LogP) is 4.86. The normalized spacial score (nSPS) is 25.7. The van der Waals surface area contributed by atoms with Gasteiger partial charge in [0.05, 0.1) is 35.1 Å². The lowest BCUT2D eigenvalue weighted by atomic mass is 9.63. The van der Waals surface area contributed by atoms with E-state index in [2.05, 4.69) is 0 Å². The predicted molar refractivity (Wildman–Crippen MR) is 158 cm³/mol. The number of ether oxygens (including phenoxy) is 2. The molecule has 222 valence electrons. The number of benzene rings is 3. The zero-order valence-electron chi connectivity index (χ0n) is 23.6. The molecule has 2 bridgehead atoms. The zero-order chi connectivity index (χ0) is 30.7. The number of carbonyl (C=O) groups is 5. The summed E-state index contributed by atoms with van der Waals surface area (Å²) in [6.07, 6.45) is 5.09. The molecule has 44 heavy (non-hydrogen) atoms. The fraction of sp³-hybridized carbons (Fsp3) is 0.265. The van der Waals surface area contributed by atoms with Gasteiger partial charge < -0.3 is 9.47 Å². The van der Waals surface area contributed by atoms with Crippen molar-refractivity contribution in [1.29, 1.82) is 0 Å². The van der Waals surface area contributed by atoms with Crippen LogP contribution in [0.5, 0.6) is 11.5 Å². The first-order valence-corrected chi connectivity index (χ1v) is 14.8. The number of Topliss-reactive ketones (excluding diaryl/α,β-unsaturated/α-hetero) is 1. The summed E-state index contributed by atoms with van der Waals surface area (Å²) in [6.45, 7) is -0.570. The minimum atomic E-state index is -0.724. The molecule has 3 amide bonds. The van der Waals surface area contributed by atoms with Gasteiger partial charge in [0.1, 0.15) is 18.0 Å². The molecule has 0 N–H and O–H groups in total. The number of imide groups is 1. The summed E-state index contributed by atoms with van der Waals surface area (Å²) in [5.74, 6) is -2.47. The first-order chi connectivity index (χ1) is 21.3. The molecule has 1 aliphatic heterocycles. The number of rotatable bonds is 8. The van der Waals surface area contributed by atoms with Crippen LogP contribution in [0.15, 0.2) is 84.9 Å².